The zero-order valence-electron chi connectivity index (χ0n) is 7.45. The van der Waals surface area contributed by atoms with E-state index in [-0.39, 0.29) is 16.6 Å². The third-order valence-corrected chi connectivity index (χ3v) is 2.12. The van der Waals surface area contributed by atoms with Crippen LogP contribution >= 0.6 is 0 Å². The van der Waals surface area contributed by atoms with Gasteiger partial charge in [0.2, 0.25) is 0 Å². The molecule has 0 fully saturated rings. The molecule has 2 rings (SSSR count). The van der Waals surface area contributed by atoms with Crippen molar-refractivity contribution in [2.24, 2.45) is 0 Å². The average molecular weight is 207 g/mol. The largest absolute Gasteiger partial charge is 0.478 e. The monoisotopic (exact) mass is 207 g/mol. The normalized spacial score (nSPS) is 10.5. The number of carboxylic acids is 1. The summed E-state index contributed by atoms with van der Waals surface area (Å²) in [5.41, 5.74) is 0.179. The van der Waals surface area contributed by atoms with Crippen molar-refractivity contribution in [3.05, 3.63) is 35.3 Å². The molecule has 15 heavy (non-hydrogen) atoms. The van der Waals surface area contributed by atoms with Crippen LogP contribution in [-0.4, -0.2) is 22.3 Å². The van der Waals surface area contributed by atoms with Crippen molar-refractivity contribution in [3.63, 3.8) is 0 Å². The second-order valence-electron chi connectivity index (χ2n) is 3.03. The van der Waals surface area contributed by atoms with E-state index in [1.165, 1.54) is 12.1 Å². The molecule has 4 nitrogen and oxygen atoms in total. The molecule has 0 saturated carbocycles. The Morgan fingerprint density at radius 3 is 2.80 bits per heavy atom. The van der Waals surface area contributed by atoms with E-state index < -0.39 is 11.8 Å². The van der Waals surface area contributed by atoms with Gasteiger partial charge in [-0.25, -0.2) is 9.18 Å². The number of carbonyl (C=O) groups excluding carboxylic acids is 1. The van der Waals surface area contributed by atoms with Gasteiger partial charge in [0.15, 0.2) is 6.29 Å². The number of carbonyl (C=O) groups is 2. The first-order chi connectivity index (χ1) is 7.13. The van der Waals surface area contributed by atoms with E-state index in [1.807, 2.05) is 0 Å². The van der Waals surface area contributed by atoms with E-state index in [2.05, 4.69) is 4.98 Å². The van der Waals surface area contributed by atoms with Crippen LogP contribution in [0.2, 0.25) is 0 Å². The summed E-state index contributed by atoms with van der Waals surface area (Å²) in [5, 5.41) is 9.07. The van der Waals surface area contributed by atoms with Gasteiger partial charge in [0.1, 0.15) is 5.82 Å². The Labute approximate surface area is 83.3 Å². The van der Waals surface area contributed by atoms with Crippen LogP contribution in [0.1, 0.15) is 20.8 Å². The molecule has 1 aromatic heterocycles. The number of carboxylic acid groups (broad SMARTS) is 1. The number of halogens is 1. The second-order valence-corrected chi connectivity index (χ2v) is 3.03. The van der Waals surface area contributed by atoms with Crippen LogP contribution in [0.3, 0.4) is 0 Å². The zero-order valence-corrected chi connectivity index (χ0v) is 7.45. The van der Waals surface area contributed by atoms with E-state index in [1.54, 1.807) is 0 Å². The predicted molar refractivity (Wildman–Crippen MR) is 50.6 cm³/mol. The van der Waals surface area contributed by atoms with Crippen LogP contribution in [0.5, 0.6) is 0 Å². The Morgan fingerprint density at radius 1 is 1.47 bits per heavy atom. The van der Waals surface area contributed by atoms with E-state index in [0.29, 0.717) is 11.8 Å². The first-order valence-corrected chi connectivity index (χ1v) is 4.13. The highest BCUT2D eigenvalue weighted by molar-refractivity contribution is 6.09. The molecule has 0 aliphatic rings. The van der Waals surface area contributed by atoms with Crippen LogP contribution in [-0.2, 0) is 0 Å². The van der Waals surface area contributed by atoms with Crippen molar-refractivity contribution >= 4 is 23.2 Å². The summed E-state index contributed by atoms with van der Waals surface area (Å²) >= 11 is 0. The van der Waals surface area contributed by atoms with Crippen LogP contribution < -0.4 is 0 Å². The van der Waals surface area contributed by atoms with Crippen LogP contribution in [0.25, 0.3) is 10.9 Å². The third-order valence-electron chi connectivity index (χ3n) is 2.12. The first-order valence-electron chi connectivity index (χ1n) is 4.13. The minimum atomic E-state index is -1.26. The number of hydrogen-bond acceptors (Lipinski definition) is 2. The maximum atomic E-state index is 12.9. The Balaban J connectivity index is 2.88. The smallest absolute Gasteiger partial charge is 0.338 e. The SMILES string of the molecule is O=Cc1[nH]c2ccc(F)cc2c1C(=O)O. The lowest BCUT2D eigenvalue weighted by Crippen LogP contribution is -1.99. The van der Waals surface area contributed by atoms with Crippen molar-refractivity contribution in [2.75, 3.05) is 0 Å². The highest BCUT2D eigenvalue weighted by atomic mass is 19.1. The number of nitrogens with one attached hydrogen (secondary N) is 1. The fourth-order valence-electron chi connectivity index (χ4n) is 1.50. The molecule has 0 aliphatic carbocycles. The second kappa shape index (κ2) is 3.20. The molecule has 2 aromatic rings. The Hall–Kier alpha value is -2.17. The van der Waals surface area contributed by atoms with E-state index in [9.17, 15) is 14.0 Å². The van der Waals surface area contributed by atoms with Gasteiger partial charge in [0, 0.05) is 10.9 Å². The molecule has 0 atom stereocenters. The summed E-state index contributed by atoms with van der Waals surface area (Å²) in [4.78, 5) is 24.1. The summed E-state index contributed by atoms with van der Waals surface area (Å²) in [7, 11) is 0. The lowest BCUT2D eigenvalue weighted by molar-refractivity contribution is 0.0696. The molecule has 2 N–H and O–H groups in total. The minimum Gasteiger partial charge on any atom is -0.478 e. The van der Waals surface area contributed by atoms with Gasteiger partial charge < -0.3 is 10.1 Å². The predicted octanol–water partition coefficient (Wildman–Crippen LogP) is 1.82. The lowest BCUT2D eigenvalue weighted by atomic mass is 10.1. The van der Waals surface area contributed by atoms with Crippen molar-refractivity contribution in [1.29, 1.82) is 0 Å². The number of aromatic amines is 1. The number of aromatic carboxylic acids is 1. The van der Waals surface area contributed by atoms with Gasteiger partial charge in [-0.1, -0.05) is 0 Å². The first kappa shape index (κ1) is 9.39. The van der Waals surface area contributed by atoms with Gasteiger partial charge >= 0.3 is 5.97 Å². The molecule has 0 aliphatic heterocycles. The van der Waals surface area contributed by atoms with Crippen molar-refractivity contribution in [2.45, 2.75) is 0 Å². The Morgan fingerprint density at radius 2 is 2.20 bits per heavy atom. The van der Waals surface area contributed by atoms with Crippen molar-refractivity contribution < 1.29 is 19.1 Å². The number of H-pyrrole nitrogens is 1. The summed E-state index contributed by atoms with van der Waals surface area (Å²) in [6.07, 6.45) is 0.404. The number of aromatic nitrogens is 1. The zero-order chi connectivity index (χ0) is 11.0. The van der Waals surface area contributed by atoms with Gasteiger partial charge in [-0.3, -0.25) is 4.79 Å². The lowest BCUT2D eigenvalue weighted by Gasteiger charge is -1.92. The Kier molecular flexibility index (Phi) is 2.00. The van der Waals surface area contributed by atoms with Gasteiger partial charge in [0.25, 0.3) is 0 Å². The molecule has 0 amide bonds. The molecule has 0 spiro atoms. The molecule has 0 radical (unpaired) electrons. The summed E-state index contributed by atoms with van der Waals surface area (Å²) < 4.78 is 12.9. The summed E-state index contributed by atoms with van der Waals surface area (Å²) in [5.74, 6) is -1.80. The topological polar surface area (TPSA) is 70.2 Å². The molecular formula is C10H6FNO3. The fourth-order valence-corrected chi connectivity index (χ4v) is 1.50. The van der Waals surface area contributed by atoms with E-state index >= 15 is 0 Å². The Bertz CT molecular complexity index is 559. The van der Waals surface area contributed by atoms with E-state index in [0.717, 1.165) is 6.07 Å². The van der Waals surface area contributed by atoms with Gasteiger partial charge in [-0.15, -0.1) is 0 Å². The highest BCUT2D eigenvalue weighted by Crippen LogP contribution is 2.22. The third kappa shape index (κ3) is 1.38. The number of hydrogen-bond donors (Lipinski definition) is 2. The minimum absolute atomic E-state index is 0.0527. The van der Waals surface area contributed by atoms with Crippen molar-refractivity contribution in [3.8, 4) is 0 Å². The van der Waals surface area contributed by atoms with Gasteiger partial charge in [-0.2, -0.15) is 0 Å². The summed E-state index contributed by atoms with van der Waals surface area (Å²) in [6.45, 7) is 0. The van der Waals surface area contributed by atoms with Crippen LogP contribution in [0, 0.1) is 5.82 Å². The molecule has 1 heterocycles. The van der Waals surface area contributed by atoms with Crippen LogP contribution in [0.15, 0.2) is 18.2 Å². The number of rotatable bonds is 2. The maximum absolute atomic E-state index is 12.9. The van der Waals surface area contributed by atoms with Gasteiger partial charge in [-0.05, 0) is 18.2 Å². The number of benzene rings is 1. The highest BCUT2D eigenvalue weighted by Gasteiger charge is 2.17. The standard InChI is InChI=1S/C10H6FNO3/c11-5-1-2-7-6(3-5)9(10(14)15)8(4-13)12-7/h1-4,12H,(H,14,15). The van der Waals surface area contributed by atoms with Gasteiger partial charge in [0.05, 0.1) is 11.3 Å². The van der Waals surface area contributed by atoms with Crippen LogP contribution in [0.4, 0.5) is 4.39 Å². The number of fused-ring (bicyclic) bond motifs is 1. The molecular weight excluding hydrogens is 201 g/mol. The maximum Gasteiger partial charge on any atom is 0.338 e. The molecule has 76 valence electrons. The quantitative estimate of drug-likeness (QED) is 0.738. The molecule has 5 heteroatoms. The fraction of sp³-hybridized carbons (Fsp3) is 0. The summed E-state index contributed by atoms with van der Waals surface area (Å²) in [6, 6.07) is 3.67. The molecule has 1 aromatic carbocycles. The number of aldehydes is 1. The molecule has 0 saturated heterocycles. The molecule has 0 unspecified atom stereocenters. The molecule has 0 bridgehead atoms. The van der Waals surface area contributed by atoms with E-state index in [4.69, 9.17) is 5.11 Å². The van der Waals surface area contributed by atoms with Crippen molar-refractivity contribution in [1.82, 2.24) is 4.98 Å². The average Bonchev–Trinajstić information content (AvgIpc) is 2.55.